The number of fused-ring (bicyclic) bond motifs is 2. The van der Waals surface area contributed by atoms with Crippen molar-refractivity contribution >= 4 is 49.9 Å². The van der Waals surface area contributed by atoms with E-state index < -0.39 is 0 Å². The number of amides is 2. The predicted molar refractivity (Wildman–Crippen MR) is 114 cm³/mol. The lowest BCUT2D eigenvalue weighted by Crippen LogP contribution is -2.38. The molecule has 0 saturated carbocycles. The van der Waals surface area contributed by atoms with Crippen molar-refractivity contribution in [2.75, 3.05) is 35.2 Å². The molecule has 3 aromatic rings. The van der Waals surface area contributed by atoms with Gasteiger partial charge >= 0.3 is 0 Å². The number of aromatic nitrogens is 1. The van der Waals surface area contributed by atoms with Crippen LogP contribution in [0.25, 0.3) is 10.2 Å². The molecule has 2 aliphatic heterocycles. The molecule has 0 unspecified atom stereocenters. The number of carbonyl (C=O) groups is 2. The van der Waals surface area contributed by atoms with Crippen molar-refractivity contribution < 1.29 is 14.3 Å². The Hall–Kier alpha value is -3.13. The fourth-order valence-corrected chi connectivity index (χ4v) is 4.75. The number of hydrogen-bond donors (Lipinski definition) is 2. The van der Waals surface area contributed by atoms with Gasteiger partial charge in [-0.05, 0) is 43.2 Å². The van der Waals surface area contributed by atoms with Crippen molar-refractivity contribution in [3.05, 3.63) is 42.5 Å². The summed E-state index contributed by atoms with van der Waals surface area (Å²) in [6.45, 7) is 1.64. The molecule has 2 N–H and O–H groups in total. The Labute approximate surface area is 171 Å². The molecule has 2 aliphatic rings. The van der Waals surface area contributed by atoms with E-state index in [-0.39, 0.29) is 24.3 Å². The second-order valence-electron chi connectivity index (χ2n) is 7.26. The van der Waals surface area contributed by atoms with E-state index in [0.29, 0.717) is 17.1 Å². The molecule has 1 saturated heterocycles. The highest BCUT2D eigenvalue weighted by Gasteiger charge is 2.27. The van der Waals surface area contributed by atoms with Crippen molar-refractivity contribution in [2.24, 2.45) is 5.92 Å². The van der Waals surface area contributed by atoms with Gasteiger partial charge in [0.25, 0.3) is 5.91 Å². The lowest BCUT2D eigenvalue weighted by atomic mass is 9.96. The van der Waals surface area contributed by atoms with E-state index in [2.05, 4.69) is 21.6 Å². The standard InChI is InChI=1S/C21H20N4O3S/c26-19-12-28-17-6-5-14(11-16(17)23-19)22-20(27)13-7-9-25(10-8-13)21-24-15-3-1-2-4-18(15)29-21/h1-6,11,13H,7-10,12H2,(H,22,27)(H,23,26). The maximum Gasteiger partial charge on any atom is 0.262 e. The molecule has 8 heteroatoms. The molecule has 1 fully saturated rings. The zero-order valence-corrected chi connectivity index (χ0v) is 16.5. The fourth-order valence-electron chi connectivity index (χ4n) is 3.73. The number of nitrogens with zero attached hydrogens (tertiary/aromatic N) is 2. The summed E-state index contributed by atoms with van der Waals surface area (Å²) in [5.74, 6) is 0.398. The number of anilines is 3. The normalized spacial score (nSPS) is 16.8. The van der Waals surface area contributed by atoms with E-state index in [4.69, 9.17) is 9.72 Å². The SMILES string of the molecule is O=C1COc2ccc(NC(=O)C3CCN(c4nc5ccccc5s4)CC3)cc2N1. The van der Waals surface area contributed by atoms with Gasteiger partial charge in [-0.2, -0.15) is 0 Å². The quantitative estimate of drug-likeness (QED) is 0.693. The van der Waals surface area contributed by atoms with E-state index in [9.17, 15) is 9.59 Å². The maximum atomic E-state index is 12.7. The molecular formula is C21H20N4O3S. The molecule has 0 aliphatic carbocycles. The number of nitrogens with one attached hydrogen (secondary N) is 2. The fraction of sp³-hybridized carbons (Fsp3) is 0.286. The Balaban J connectivity index is 1.21. The van der Waals surface area contributed by atoms with Crippen molar-refractivity contribution in [1.82, 2.24) is 4.98 Å². The largest absolute Gasteiger partial charge is 0.482 e. The van der Waals surface area contributed by atoms with Crippen molar-refractivity contribution in [3.8, 4) is 5.75 Å². The molecule has 2 amide bonds. The Kier molecular flexibility index (Phi) is 4.55. The highest BCUT2D eigenvalue weighted by atomic mass is 32.1. The molecule has 2 aromatic carbocycles. The minimum atomic E-state index is -0.191. The number of para-hydroxylation sites is 1. The molecule has 0 spiro atoms. The van der Waals surface area contributed by atoms with Gasteiger partial charge < -0.3 is 20.3 Å². The van der Waals surface area contributed by atoms with Gasteiger partial charge in [0, 0.05) is 24.7 Å². The number of hydrogen-bond acceptors (Lipinski definition) is 6. The van der Waals surface area contributed by atoms with Crippen LogP contribution in [-0.4, -0.2) is 36.5 Å². The summed E-state index contributed by atoms with van der Waals surface area (Å²) in [6.07, 6.45) is 1.57. The molecule has 5 rings (SSSR count). The van der Waals surface area contributed by atoms with Crippen LogP contribution >= 0.6 is 11.3 Å². The van der Waals surface area contributed by atoms with E-state index in [1.807, 2.05) is 18.2 Å². The summed E-state index contributed by atoms with van der Waals surface area (Å²) < 4.78 is 6.54. The van der Waals surface area contributed by atoms with Gasteiger partial charge in [0.2, 0.25) is 5.91 Å². The van der Waals surface area contributed by atoms with Crippen LogP contribution in [0.5, 0.6) is 5.75 Å². The van der Waals surface area contributed by atoms with Crippen LogP contribution in [0.1, 0.15) is 12.8 Å². The van der Waals surface area contributed by atoms with Gasteiger partial charge in [0.1, 0.15) is 5.75 Å². The summed E-state index contributed by atoms with van der Waals surface area (Å²) in [7, 11) is 0. The van der Waals surface area contributed by atoms with Gasteiger partial charge in [-0.15, -0.1) is 0 Å². The van der Waals surface area contributed by atoms with Gasteiger partial charge in [-0.1, -0.05) is 23.5 Å². The number of carbonyl (C=O) groups excluding carboxylic acids is 2. The maximum absolute atomic E-state index is 12.7. The molecule has 3 heterocycles. The van der Waals surface area contributed by atoms with Gasteiger partial charge in [-0.25, -0.2) is 4.98 Å². The third-order valence-corrected chi connectivity index (χ3v) is 6.40. The first-order valence-electron chi connectivity index (χ1n) is 9.64. The van der Waals surface area contributed by atoms with Crippen molar-refractivity contribution in [3.63, 3.8) is 0 Å². The minimum absolute atomic E-state index is 0.0111. The molecule has 1 aromatic heterocycles. The molecule has 0 atom stereocenters. The van der Waals surface area contributed by atoms with Crippen molar-refractivity contribution in [1.29, 1.82) is 0 Å². The summed E-state index contributed by atoms with van der Waals surface area (Å²) in [5, 5.41) is 6.76. The predicted octanol–water partition coefficient (Wildman–Crippen LogP) is 3.48. The van der Waals surface area contributed by atoms with Gasteiger partial charge in [0.05, 0.1) is 15.9 Å². The monoisotopic (exact) mass is 408 g/mol. The molecule has 0 bridgehead atoms. The van der Waals surface area contributed by atoms with E-state index in [1.165, 1.54) is 4.70 Å². The van der Waals surface area contributed by atoms with E-state index in [1.54, 1.807) is 29.5 Å². The molecule has 0 radical (unpaired) electrons. The zero-order chi connectivity index (χ0) is 19.8. The van der Waals surface area contributed by atoms with Crippen LogP contribution in [0.4, 0.5) is 16.5 Å². The number of piperidine rings is 1. The average molecular weight is 408 g/mol. The Morgan fingerprint density at radius 1 is 1.21 bits per heavy atom. The van der Waals surface area contributed by atoms with Crippen LogP contribution in [0, 0.1) is 5.92 Å². The molecule has 148 valence electrons. The first-order valence-corrected chi connectivity index (χ1v) is 10.5. The first-order chi connectivity index (χ1) is 14.2. The number of rotatable bonds is 3. The van der Waals surface area contributed by atoms with Crippen molar-refractivity contribution in [2.45, 2.75) is 12.8 Å². The number of benzene rings is 2. The van der Waals surface area contributed by atoms with Crippen LogP contribution in [0.2, 0.25) is 0 Å². The summed E-state index contributed by atoms with van der Waals surface area (Å²) >= 11 is 1.70. The second-order valence-corrected chi connectivity index (χ2v) is 8.27. The second kappa shape index (κ2) is 7.36. The molecule has 29 heavy (non-hydrogen) atoms. The number of ether oxygens (including phenoxy) is 1. The summed E-state index contributed by atoms with van der Waals surface area (Å²) in [4.78, 5) is 31.2. The molecular weight excluding hydrogens is 388 g/mol. The lowest BCUT2D eigenvalue weighted by molar-refractivity contribution is -0.120. The van der Waals surface area contributed by atoms with Crippen LogP contribution < -0.4 is 20.3 Å². The van der Waals surface area contributed by atoms with Gasteiger partial charge in [0.15, 0.2) is 11.7 Å². The zero-order valence-electron chi connectivity index (χ0n) is 15.7. The Morgan fingerprint density at radius 3 is 2.86 bits per heavy atom. The Morgan fingerprint density at radius 2 is 2.03 bits per heavy atom. The smallest absolute Gasteiger partial charge is 0.262 e. The Bertz CT molecular complexity index is 1060. The van der Waals surface area contributed by atoms with E-state index >= 15 is 0 Å². The summed E-state index contributed by atoms with van der Waals surface area (Å²) in [5.41, 5.74) is 2.27. The number of thiazole rings is 1. The highest BCUT2D eigenvalue weighted by Crippen LogP contribution is 2.33. The van der Waals surface area contributed by atoms with Crippen LogP contribution in [0.15, 0.2) is 42.5 Å². The summed E-state index contributed by atoms with van der Waals surface area (Å²) in [6, 6.07) is 13.4. The first kappa shape index (κ1) is 17.9. The average Bonchev–Trinajstić information content (AvgIpc) is 3.18. The lowest BCUT2D eigenvalue weighted by Gasteiger charge is -2.31. The van der Waals surface area contributed by atoms with Crippen LogP contribution in [-0.2, 0) is 9.59 Å². The van der Waals surface area contributed by atoms with E-state index in [0.717, 1.165) is 36.6 Å². The minimum Gasteiger partial charge on any atom is -0.482 e. The van der Waals surface area contributed by atoms with Crippen LogP contribution in [0.3, 0.4) is 0 Å². The topological polar surface area (TPSA) is 83.6 Å². The third-order valence-electron chi connectivity index (χ3n) is 5.30. The molecule has 7 nitrogen and oxygen atoms in total. The third kappa shape index (κ3) is 3.63. The highest BCUT2D eigenvalue weighted by molar-refractivity contribution is 7.22. The van der Waals surface area contributed by atoms with Gasteiger partial charge in [-0.3, -0.25) is 9.59 Å².